The molecule has 29 heavy (non-hydrogen) atoms. The van der Waals surface area contributed by atoms with Gasteiger partial charge >= 0.3 is 0 Å². The van der Waals surface area contributed by atoms with Gasteiger partial charge in [-0.1, -0.05) is 41.5 Å². The summed E-state index contributed by atoms with van der Waals surface area (Å²) >= 11 is 1.60. The van der Waals surface area contributed by atoms with Gasteiger partial charge in [-0.3, -0.25) is 4.79 Å². The molecule has 0 saturated carbocycles. The summed E-state index contributed by atoms with van der Waals surface area (Å²) in [5.74, 6) is 1.97. The quantitative estimate of drug-likeness (QED) is 0.378. The van der Waals surface area contributed by atoms with Gasteiger partial charge in [0.1, 0.15) is 11.3 Å². The summed E-state index contributed by atoms with van der Waals surface area (Å²) in [7, 11) is 0. The highest BCUT2D eigenvalue weighted by Gasteiger charge is 2.27. The molecule has 2 aromatic rings. The molecule has 0 saturated heterocycles. The van der Waals surface area contributed by atoms with E-state index in [1.54, 1.807) is 11.8 Å². The Hall–Kier alpha value is -2.87. The van der Waals surface area contributed by atoms with Crippen LogP contribution in [0.1, 0.15) is 36.4 Å². The number of hydrogen-bond donors (Lipinski definition) is 0. The van der Waals surface area contributed by atoms with E-state index >= 15 is 0 Å². The van der Waals surface area contributed by atoms with Crippen molar-refractivity contribution in [2.45, 2.75) is 50.1 Å². The van der Waals surface area contributed by atoms with Crippen LogP contribution in [0.25, 0.3) is 17.1 Å². The first-order valence-corrected chi connectivity index (χ1v) is 10.8. The average molecular weight is 407 g/mol. The smallest absolute Gasteiger partial charge is 0.284 e. The summed E-state index contributed by atoms with van der Waals surface area (Å²) in [5, 5.41) is 9.40. The Morgan fingerprint density at radius 1 is 1.17 bits per heavy atom. The third kappa shape index (κ3) is 3.37. The normalized spacial score (nSPS) is 14.1. The fourth-order valence-electron chi connectivity index (χ4n) is 3.83. The lowest BCUT2D eigenvalue weighted by atomic mass is 10.1. The Kier molecular flexibility index (Phi) is 4.71. The molecule has 0 radical (unpaired) electrons. The number of benzene rings is 1. The van der Waals surface area contributed by atoms with Crippen LogP contribution in [-0.4, -0.2) is 24.5 Å². The topological polar surface area (TPSA) is 78.7 Å². The zero-order chi connectivity index (χ0) is 19.8. The standard InChI is InChI=1S/C21H21N5O2S/c1-14-12-16(28-24-14)13-29-21-22-19-18(17-10-6-3-7-11-25(17)21)20(27)26(23-19)15-8-4-2-5-9-15/h2,4-5,8-9,12H,3,6-7,10-11,13H2,1H3. The Labute approximate surface area is 172 Å². The highest BCUT2D eigenvalue weighted by atomic mass is 32.2. The van der Waals surface area contributed by atoms with Crippen molar-refractivity contribution in [3.63, 3.8) is 0 Å². The van der Waals surface area contributed by atoms with Gasteiger partial charge in [-0.2, -0.15) is 4.68 Å². The maximum atomic E-state index is 13.2. The lowest BCUT2D eigenvalue weighted by molar-refractivity contribution is 0.390. The molecule has 8 heteroatoms. The van der Waals surface area contributed by atoms with Crippen LogP contribution in [0, 0.1) is 6.92 Å². The van der Waals surface area contributed by atoms with E-state index in [4.69, 9.17) is 9.51 Å². The molecule has 0 bridgehead atoms. The van der Waals surface area contributed by atoms with Crippen molar-refractivity contribution in [3.8, 4) is 17.1 Å². The molecule has 1 aromatic carbocycles. The predicted octanol–water partition coefficient (Wildman–Crippen LogP) is 3.85. The van der Waals surface area contributed by atoms with Gasteiger partial charge in [-0.15, -0.1) is 5.10 Å². The van der Waals surface area contributed by atoms with Gasteiger partial charge in [-0.25, -0.2) is 4.98 Å². The second-order valence-electron chi connectivity index (χ2n) is 7.28. The largest absolute Gasteiger partial charge is 0.360 e. The molecular weight excluding hydrogens is 386 g/mol. The molecule has 0 aliphatic carbocycles. The zero-order valence-electron chi connectivity index (χ0n) is 16.2. The first-order valence-electron chi connectivity index (χ1n) is 9.83. The number of fused-ring (bicyclic) bond motifs is 3. The molecule has 4 heterocycles. The van der Waals surface area contributed by atoms with Gasteiger partial charge in [0.25, 0.3) is 5.56 Å². The van der Waals surface area contributed by atoms with Crippen LogP contribution in [0.5, 0.6) is 0 Å². The maximum absolute atomic E-state index is 13.2. The molecule has 1 aromatic heterocycles. The molecule has 0 amide bonds. The fraction of sp³-hybridized carbons (Fsp3) is 0.333. The SMILES string of the molecule is Cc1cc(CSc2nc3nn(-c4ccccc4)c(=O)c-3c3n2CCCCC3)on1. The highest BCUT2D eigenvalue weighted by molar-refractivity contribution is 7.98. The summed E-state index contributed by atoms with van der Waals surface area (Å²) < 4.78 is 9.03. The van der Waals surface area contributed by atoms with Crippen LogP contribution < -0.4 is 5.56 Å². The molecule has 0 unspecified atom stereocenters. The molecule has 7 nitrogen and oxygen atoms in total. The summed E-state index contributed by atoms with van der Waals surface area (Å²) in [4.78, 5) is 18.0. The van der Waals surface area contributed by atoms with Gasteiger partial charge in [-0.05, 0) is 38.3 Å². The van der Waals surface area contributed by atoms with Gasteiger partial charge in [0, 0.05) is 18.3 Å². The van der Waals surface area contributed by atoms with E-state index in [1.807, 2.05) is 43.3 Å². The van der Waals surface area contributed by atoms with Crippen molar-refractivity contribution in [3.05, 3.63) is 63.9 Å². The van der Waals surface area contributed by atoms with E-state index in [9.17, 15) is 4.79 Å². The molecule has 3 aliphatic heterocycles. The van der Waals surface area contributed by atoms with Gasteiger partial charge in [0.05, 0.1) is 17.1 Å². The molecule has 0 atom stereocenters. The second-order valence-corrected chi connectivity index (χ2v) is 8.22. The van der Waals surface area contributed by atoms with Gasteiger partial charge in [0.15, 0.2) is 11.0 Å². The number of thioether (sulfide) groups is 1. The minimum Gasteiger partial charge on any atom is -0.360 e. The van der Waals surface area contributed by atoms with E-state index in [-0.39, 0.29) is 5.56 Å². The summed E-state index contributed by atoms with van der Waals surface area (Å²) in [6, 6.07) is 11.5. The molecule has 148 valence electrons. The summed E-state index contributed by atoms with van der Waals surface area (Å²) in [6.45, 7) is 2.78. The van der Waals surface area contributed by atoms with Crippen LogP contribution >= 0.6 is 11.8 Å². The van der Waals surface area contributed by atoms with Crippen LogP contribution in [0.3, 0.4) is 0 Å². The second kappa shape index (κ2) is 7.51. The maximum Gasteiger partial charge on any atom is 0.284 e. The first-order chi connectivity index (χ1) is 14.2. The van der Waals surface area contributed by atoms with Gasteiger partial charge in [0.2, 0.25) is 0 Å². The van der Waals surface area contributed by atoms with Crippen molar-refractivity contribution >= 4 is 11.8 Å². The zero-order valence-corrected chi connectivity index (χ0v) is 17.0. The van der Waals surface area contributed by atoms with Crippen LogP contribution in [0.2, 0.25) is 0 Å². The number of aryl methyl sites for hydroxylation is 1. The Morgan fingerprint density at radius 3 is 2.83 bits per heavy atom. The number of nitrogens with zero attached hydrogens (tertiary/aromatic N) is 5. The first kappa shape index (κ1) is 18.2. The van der Waals surface area contributed by atoms with Crippen LogP contribution in [0.4, 0.5) is 0 Å². The Balaban J connectivity index is 1.63. The summed E-state index contributed by atoms with van der Waals surface area (Å²) in [5.41, 5.74) is 3.24. The highest BCUT2D eigenvalue weighted by Crippen LogP contribution is 2.31. The summed E-state index contributed by atoms with van der Waals surface area (Å²) in [6.07, 6.45) is 4.17. The number of hydrogen-bond acceptors (Lipinski definition) is 6. The van der Waals surface area contributed by atoms with Gasteiger partial charge < -0.3 is 9.09 Å². The molecule has 3 aliphatic rings. The Bertz CT molecular complexity index is 1180. The number of rotatable bonds is 4. The van der Waals surface area contributed by atoms with E-state index in [2.05, 4.69) is 14.8 Å². The van der Waals surface area contributed by atoms with E-state index in [1.165, 1.54) is 4.68 Å². The van der Waals surface area contributed by atoms with Crippen LogP contribution in [-0.2, 0) is 18.7 Å². The molecule has 0 fully saturated rings. The van der Waals surface area contributed by atoms with Crippen molar-refractivity contribution in [2.24, 2.45) is 0 Å². The van der Waals surface area contributed by atoms with Crippen LogP contribution in [0.15, 0.2) is 50.9 Å². The van der Waals surface area contributed by atoms with Crippen molar-refractivity contribution in [2.75, 3.05) is 0 Å². The third-order valence-electron chi connectivity index (χ3n) is 5.19. The molecule has 0 N–H and O–H groups in total. The minimum atomic E-state index is -0.0910. The third-order valence-corrected chi connectivity index (χ3v) is 6.19. The lowest BCUT2D eigenvalue weighted by Crippen LogP contribution is -2.19. The fourth-order valence-corrected chi connectivity index (χ4v) is 4.74. The van der Waals surface area contributed by atoms with Crippen molar-refractivity contribution in [1.29, 1.82) is 0 Å². The number of para-hydroxylation sites is 1. The molecular formula is C21H21N5O2S. The van der Waals surface area contributed by atoms with E-state index in [0.29, 0.717) is 17.1 Å². The molecule has 0 spiro atoms. The van der Waals surface area contributed by atoms with E-state index < -0.39 is 0 Å². The monoisotopic (exact) mass is 407 g/mol. The van der Waals surface area contributed by atoms with Crippen molar-refractivity contribution in [1.82, 2.24) is 24.5 Å². The van der Waals surface area contributed by atoms with Crippen molar-refractivity contribution < 1.29 is 4.52 Å². The molecule has 5 rings (SSSR count). The predicted molar refractivity (Wildman–Crippen MR) is 111 cm³/mol. The minimum absolute atomic E-state index is 0.0910. The number of aromatic nitrogens is 5. The Morgan fingerprint density at radius 2 is 2.03 bits per heavy atom. The average Bonchev–Trinajstić information content (AvgIpc) is 3.20. The lowest BCUT2D eigenvalue weighted by Gasteiger charge is -2.17. The van der Waals surface area contributed by atoms with E-state index in [0.717, 1.165) is 60.2 Å².